The average molecular weight is 451 g/mol. The number of carbonyl (C=O) groups is 2. The molecule has 3 rings (SSSR count). The molecule has 0 fully saturated rings. The highest BCUT2D eigenvalue weighted by Crippen LogP contribution is 2.28. The van der Waals surface area contributed by atoms with Crippen LogP contribution < -0.4 is 10.7 Å². The molecule has 2 N–H and O–H groups in total. The van der Waals surface area contributed by atoms with Crippen LogP contribution in [-0.4, -0.2) is 24.3 Å². The first-order valence-corrected chi connectivity index (χ1v) is 9.49. The summed E-state index contributed by atoms with van der Waals surface area (Å²) >= 11 is 9.80. The number of carbonyl (C=O) groups excluding carboxylic acids is 2. The van der Waals surface area contributed by atoms with Crippen LogP contribution in [0.15, 0.2) is 46.0 Å². The van der Waals surface area contributed by atoms with Gasteiger partial charge in [-0.2, -0.15) is 5.10 Å². The van der Waals surface area contributed by atoms with Gasteiger partial charge in [-0.1, -0.05) is 46.6 Å². The minimum absolute atomic E-state index is 0.109. The lowest BCUT2D eigenvalue weighted by Crippen LogP contribution is -2.30. The van der Waals surface area contributed by atoms with E-state index in [-0.39, 0.29) is 18.9 Å². The van der Waals surface area contributed by atoms with Crippen LogP contribution in [0.2, 0.25) is 5.02 Å². The molecule has 0 bridgehead atoms. The Bertz CT molecular complexity index is 890. The van der Waals surface area contributed by atoms with Crippen molar-refractivity contribution in [3.05, 3.63) is 62.6 Å². The molecule has 6 nitrogen and oxygen atoms in total. The molecule has 27 heavy (non-hydrogen) atoms. The number of aryl methyl sites for hydroxylation is 1. The number of hydrogen-bond donors (Lipinski definition) is 2. The van der Waals surface area contributed by atoms with E-state index in [1.54, 1.807) is 24.3 Å². The van der Waals surface area contributed by atoms with Gasteiger partial charge in [-0.25, -0.2) is 10.2 Å². The van der Waals surface area contributed by atoms with Gasteiger partial charge in [0.05, 0.1) is 6.42 Å². The van der Waals surface area contributed by atoms with Crippen molar-refractivity contribution < 1.29 is 14.3 Å². The molecule has 1 aliphatic rings. The van der Waals surface area contributed by atoms with Crippen molar-refractivity contribution in [2.45, 2.75) is 19.8 Å². The minimum atomic E-state index is -0.570. The zero-order valence-corrected chi connectivity index (χ0v) is 16.9. The fourth-order valence-electron chi connectivity index (χ4n) is 2.60. The number of anilines is 1. The maximum Gasteiger partial charge on any atom is 0.428 e. The Balaban J connectivity index is 1.66. The molecule has 1 heterocycles. The average Bonchev–Trinajstić information content (AvgIpc) is 2.66. The van der Waals surface area contributed by atoms with E-state index in [9.17, 15) is 9.59 Å². The smallest absolute Gasteiger partial charge is 0.428 e. The maximum atomic E-state index is 12.4. The Morgan fingerprint density at radius 1 is 1.33 bits per heavy atom. The van der Waals surface area contributed by atoms with Crippen molar-refractivity contribution in [2.75, 3.05) is 11.9 Å². The van der Waals surface area contributed by atoms with Crippen molar-refractivity contribution in [2.24, 2.45) is 5.10 Å². The van der Waals surface area contributed by atoms with Gasteiger partial charge in [0.2, 0.25) is 5.91 Å². The Morgan fingerprint density at radius 2 is 2.07 bits per heavy atom. The van der Waals surface area contributed by atoms with Gasteiger partial charge in [-0.3, -0.25) is 4.79 Å². The summed E-state index contributed by atoms with van der Waals surface area (Å²) in [5.74, 6) is -0.166. The van der Waals surface area contributed by atoms with E-state index in [1.165, 1.54) is 0 Å². The second-order valence-electron chi connectivity index (χ2n) is 5.94. The van der Waals surface area contributed by atoms with Crippen molar-refractivity contribution in [1.29, 1.82) is 0 Å². The summed E-state index contributed by atoms with van der Waals surface area (Å²) < 4.78 is 5.71. The van der Waals surface area contributed by atoms with Gasteiger partial charge in [-0.15, -0.1) is 0 Å². The third-order valence-electron chi connectivity index (χ3n) is 4.07. The Labute approximate surface area is 170 Å². The normalized spacial score (nSPS) is 13.4. The molecule has 0 radical (unpaired) electrons. The van der Waals surface area contributed by atoms with Gasteiger partial charge in [-0.05, 0) is 41.8 Å². The Hall–Kier alpha value is -2.38. The Kier molecular flexibility index (Phi) is 6.13. The molecular formula is C19H17BrClN3O3. The van der Waals surface area contributed by atoms with E-state index < -0.39 is 6.09 Å². The molecule has 8 heteroatoms. The summed E-state index contributed by atoms with van der Waals surface area (Å²) in [5.41, 5.74) is 6.19. The summed E-state index contributed by atoms with van der Waals surface area (Å²) in [6.07, 6.45) is 0.467. The molecule has 0 unspecified atom stereocenters. The lowest BCUT2D eigenvalue weighted by atomic mass is 10.1. The molecule has 0 spiro atoms. The monoisotopic (exact) mass is 449 g/mol. The molecule has 140 valence electrons. The molecule has 2 amide bonds. The van der Waals surface area contributed by atoms with Crippen LogP contribution in [0.3, 0.4) is 0 Å². The zero-order valence-electron chi connectivity index (χ0n) is 14.5. The maximum absolute atomic E-state index is 12.4. The first-order chi connectivity index (χ1) is 13.0. The number of rotatable bonds is 5. The van der Waals surface area contributed by atoms with Crippen molar-refractivity contribution in [1.82, 2.24) is 5.43 Å². The predicted octanol–water partition coefficient (Wildman–Crippen LogP) is 4.29. The van der Waals surface area contributed by atoms with E-state index in [1.807, 2.05) is 19.1 Å². The van der Waals surface area contributed by atoms with Crippen LogP contribution in [0.5, 0.6) is 0 Å². The summed E-state index contributed by atoms with van der Waals surface area (Å²) in [6, 6.07) is 11.0. The van der Waals surface area contributed by atoms with Crippen LogP contribution in [-0.2, 0) is 22.4 Å². The van der Waals surface area contributed by atoms with Gasteiger partial charge < -0.3 is 10.1 Å². The number of amides is 2. The second-order valence-corrected chi connectivity index (χ2v) is 7.20. The molecular weight excluding hydrogens is 434 g/mol. The molecule has 0 saturated carbocycles. The summed E-state index contributed by atoms with van der Waals surface area (Å²) in [7, 11) is 0. The van der Waals surface area contributed by atoms with E-state index in [2.05, 4.69) is 31.8 Å². The van der Waals surface area contributed by atoms with Gasteiger partial charge >= 0.3 is 6.09 Å². The van der Waals surface area contributed by atoms with Crippen molar-refractivity contribution in [3.63, 3.8) is 0 Å². The molecule has 1 aliphatic heterocycles. The summed E-state index contributed by atoms with van der Waals surface area (Å²) in [6.45, 7) is 2.16. The number of cyclic esters (lactones) is 1. The number of hydrogen-bond acceptors (Lipinski definition) is 4. The van der Waals surface area contributed by atoms with Gasteiger partial charge in [0.15, 0.2) is 0 Å². The van der Waals surface area contributed by atoms with E-state index in [0.717, 1.165) is 27.6 Å². The van der Waals surface area contributed by atoms with Crippen LogP contribution in [0.25, 0.3) is 0 Å². The number of nitrogens with zero attached hydrogens (tertiary/aromatic N) is 1. The number of nitrogens with one attached hydrogen (secondary N) is 2. The van der Waals surface area contributed by atoms with Crippen molar-refractivity contribution in [3.8, 4) is 0 Å². The SMILES string of the molecule is CCc1cc(Cl)c(CC(=O)Nc2ccc(C3=NNC(=O)OC3)cc2)c(Br)c1. The minimum Gasteiger partial charge on any atom is -0.442 e. The highest BCUT2D eigenvalue weighted by Gasteiger charge is 2.15. The van der Waals surface area contributed by atoms with E-state index >= 15 is 0 Å². The fourth-order valence-corrected chi connectivity index (χ4v) is 3.67. The number of hydrazone groups is 1. The largest absolute Gasteiger partial charge is 0.442 e. The molecule has 2 aromatic carbocycles. The first-order valence-electron chi connectivity index (χ1n) is 8.32. The van der Waals surface area contributed by atoms with Crippen LogP contribution in [0.4, 0.5) is 10.5 Å². The van der Waals surface area contributed by atoms with Crippen molar-refractivity contribution >= 4 is 50.9 Å². The lowest BCUT2D eigenvalue weighted by Gasteiger charge is -2.14. The second kappa shape index (κ2) is 8.54. The topological polar surface area (TPSA) is 79.8 Å². The molecule has 0 aliphatic carbocycles. The highest BCUT2D eigenvalue weighted by molar-refractivity contribution is 9.10. The van der Waals surface area contributed by atoms with Gasteiger partial charge in [0.25, 0.3) is 0 Å². The zero-order chi connectivity index (χ0) is 19.4. The number of halogens is 2. The van der Waals surface area contributed by atoms with Crippen LogP contribution >= 0.6 is 27.5 Å². The summed E-state index contributed by atoms with van der Waals surface area (Å²) in [4.78, 5) is 23.3. The quantitative estimate of drug-likeness (QED) is 0.713. The van der Waals surface area contributed by atoms with Crippen LogP contribution in [0.1, 0.15) is 23.6 Å². The molecule has 0 saturated heterocycles. The molecule has 2 aromatic rings. The predicted molar refractivity (Wildman–Crippen MR) is 108 cm³/mol. The third kappa shape index (κ3) is 4.87. The fraction of sp³-hybridized carbons (Fsp3) is 0.211. The standard InChI is InChI=1S/C19H17BrClN3O3/c1-2-11-7-15(20)14(16(21)8-11)9-18(25)22-13-5-3-12(4-6-13)17-10-27-19(26)24-23-17/h3-8H,2,9-10H2,1H3,(H,22,25)(H,24,26). The van der Waals surface area contributed by atoms with E-state index in [0.29, 0.717) is 16.4 Å². The Morgan fingerprint density at radius 3 is 2.67 bits per heavy atom. The van der Waals surface area contributed by atoms with Gasteiger partial charge in [0.1, 0.15) is 12.3 Å². The number of benzene rings is 2. The lowest BCUT2D eigenvalue weighted by molar-refractivity contribution is -0.115. The summed E-state index contributed by atoms with van der Waals surface area (Å²) in [5, 5.41) is 7.37. The van der Waals surface area contributed by atoms with E-state index in [4.69, 9.17) is 16.3 Å². The molecule has 0 aromatic heterocycles. The third-order valence-corrected chi connectivity index (χ3v) is 5.12. The highest BCUT2D eigenvalue weighted by atomic mass is 79.9. The van der Waals surface area contributed by atoms with Gasteiger partial charge in [0, 0.05) is 20.7 Å². The van der Waals surface area contributed by atoms with Crippen LogP contribution in [0, 0.1) is 0 Å². The molecule has 0 atom stereocenters. The first kappa shape index (κ1) is 19.4. The number of ether oxygens (including phenoxy) is 1.